The summed E-state index contributed by atoms with van der Waals surface area (Å²) in [5, 5.41) is 13.3. The number of oxime groups is 1. The third-order valence-electron chi connectivity index (χ3n) is 4.12. The molecule has 0 radical (unpaired) electrons. The van der Waals surface area contributed by atoms with E-state index in [1.807, 2.05) is 60.7 Å². The molecule has 0 bridgehead atoms. The molecule has 0 aromatic heterocycles. The van der Waals surface area contributed by atoms with Gasteiger partial charge in [0.2, 0.25) is 0 Å². The zero-order valence-electron chi connectivity index (χ0n) is 14.6. The van der Waals surface area contributed by atoms with Crippen molar-refractivity contribution in [2.45, 2.75) is 16.6 Å². The molecule has 0 fully saturated rings. The van der Waals surface area contributed by atoms with E-state index in [9.17, 15) is 5.21 Å². The van der Waals surface area contributed by atoms with Gasteiger partial charge in [-0.2, -0.15) is 0 Å². The first-order valence-electron chi connectivity index (χ1n) is 8.42. The van der Waals surface area contributed by atoms with Crippen LogP contribution in [-0.4, -0.2) is 18.0 Å². The summed E-state index contributed by atoms with van der Waals surface area (Å²) in [6, 6.07) is 28.1. The van der Waals surface area contributed by atoms with Crippen molar-refractivity contribution in [3.05, 3.63) is 96.1 Å². The Balaban J connectivity index is 1.88. The number of rotatable bonds is 7. The van der Waals surface area contributed by atoms with Crippen molar-refractivity contribution in [3.63, 3.8) is 0 Å². The van der Waals surface area contributed by atoms with Crippen LogP contribution in [0.25, 0.3) is 0 Å². The number of ether oxygens (including phenoxy) is 1. The van der Waals surface area contributed by atoms with Gasteiger partial charge < -0.3 is 9.94 Å². The van der Waals surface area contributed by atoms with Crippen molar-refractivity contribution >= 4 is 17.5 Å². The molecule has 0 aliphatic heterocycles. The molecule has 0 saturated heterocycles. The predicted molar refractivity (Wildman–Crippen MR) is 107 cm³/mol. The average molecular weight is 363 g/mol. The molecule has 0 saturated carbocycles. The highest BCUT2D eigenvalue weighted by molar-refractivity contribution is 7.99. The van der Waals surface area contributed by atoms with Crippen LogP contribution in [0.2, 0.25) is 0 Å². The Morgan fingerprint density at radius 1 is 0.923 bits per heavy atom. The van der Waals surface area contributed by atoms with Gasteiger partial charge in [0.05, 0.1) is 12.8 Å². The lowest BCUT2D eigenvalue weighted by Crippen LogP contribution is -2.07. The van der Waals surface area contributed by atoms with Gasteiger partial charge in [0.1, 0.15) is 5.75 Å². The fraction of sp³-hybridized carbons (Fsp3) is 0.136. The summed E-state index contributed by atoms with van der Waals surface area (Å²) >= 11 is 1.76. The van der Waals surface area contributed by atoms with Crippen molar-refractivity contribution in [1.29, 1.82) is 0 Å². The predicted octanol–water partition coefficient (Wildman–Crippen LogP) is 5.80. The lowest BCUT2D eigenvalue weighted by atomic mass is 10.0. The first-order valence-corrected chi connectivity index (χ1v) is 9.30. The second kappa shape index (κ2) is 9.11. The van der Waals surface area contributed by atoms with Crippen molar-refractivity contribution in [2.24, 2.45) is 5.16 Å². The monoisotopic (exact) mass is 363 g/mol. The lowest BCUT2D eigenvalue weighted by Gasteiger charge is -2.18. The van der Waals surface area contributed by atoms with Gasteiger partial charge in [-0.1, -0.05) is 65.8 Å². The van der Waals surface area contributed by atoms with Gasteiger partial charge in [0.15, 0.2) is 0 Å². The minimum Gasteiger partial charge on any atom is -0.497 e. The number of benzene rings is 3. The minimum absolute atomic E-state index is 0.120. The van der Waals surface area contributed by atoms with Crippen LogP contribution in [0.15, 0.2) is 95.0 Å². The van der Waals surface area contributed by atoms with Gasteiger partial charge in [-0.05, 0) is 35.4 Å². The normalized spacial score (nSPS) is 12.6. The Bertz CT molecular complexity index is 833. The number of hydrogen-bond donors (Lipinski definition) is 1. The molecule has 132 valence electrons. The maximum atomic E-state index is 9.58. The van der Waals surface area contributed by atoms with Crippen LogP contribution in [0.3, 0.4) is 0 Å². The Morgan fingerprint density at radius 2 is 1.54 bits per heavy atom. The molecule has 0 amide bonds. The largest absolute Gasteiger partial charge is 0.497 e. The Hall–Kier alpha value is -2.72. The molecule has 1 atom stereocenters. The SMILES string of the molecule is COc1ccc([C@@H](C/C(=N/O)c2ccccc2)Sc2ccccc2)cc1. The van der Waals surface area contributed by atoms with Gasteiger partial charge in [0, 0.05) is 16.6 Å². The van der Waals surface area contributed by atoms with Gasteiger partial charge >= 0.3 is 0 Å². The quantitative estimate of drug-likeness (QED) is 0.250. The zero-order valence-corrected chi connectivity index (χ0v) is 15.4. The van der Waals surface area contributed by atoms with E-state index < -0.39 is 0 Å². The number of hydrogen-bond acceptors (Lipinski definition) is 4. The summed E-state index contributed by atoms with van der Waals surface area (Å²) in [7, 11) is 1.66. The van der Waals surface area contributed by atoms with Crippen LogP contribution in [0.5, 0.6) is 5.75 Å². The first kappa shape index (κ1) is 18.1. The number of thioether (sulfide) groups is 1. The van der Waals surface area contributed by atoms with Crippen molar-refractivity contribution in [1.82, 2.24) is 0 Å². The Morgan fingerprint density at radius 3 is 2.12 bits per heavy atom. The summed E-state index contributed by atoms with van der Waals surface area (Å²) in [5.41, 5.74) is 2.77. The van der Waals surface area contributed by atoms with E-state index in [4.69, 9.17) is 4.74 Å². The fourth-order valence-electron chi connectivity index (χ4n) is 2.73. The van der Waals surface area contributed by atoms with E-state index >= 15 is 0 Å². The van der Waals surface area contributed by atoms with Gasteiger partial charge in [-0.3, -0.25) is 0 Å². The minimum atomic E-state index is 0.120. The third-order valence-corrected chi connectivity index (χ3v) is 5.38. The Kier molecular flexibility index (Phi) is 6.34. The van der Waals surface area contributed by atoms with Gasteiger partial charge in [-0.15, -0.1) is 11.8 Å². The zero-order chi connectivity index (χ0) is 18.2. The Labute approximate surface area is 158 Å². The van der Waals surface area contributed by atoms with E-state index in [2.05, 4.69) is 29.4 Å². The average Bonchev–Trinajstić information content (AvgIpc) is 2.72. The standard InChI is InChI=1S/C22H21NO2S/c1-25-19-14-12-18(13-15-19)22(26-20-10-6-3-7-11-20)16-21(23-24)17-8-4-2-5-9-17/h2-15,22,24H,16H2,1H3/b23-21-/t22-/m1/s1. The highest BCUT2D eigenvalue weighted by Crippen LogP contribution is 2.39. The van der Waals surface area contributed by atoms with Crippen LogP contribution >= 0.6 is 11.8 Å². The van der Waals surface area contributed by atoms with Crippen molar-refractivity contribution in [2.75, 3.05) is 7.11 Å². The highest BCUT2D eigenvalue weighted by atomic mass is 32.2. The summed E-state index contributed by atoms with van der Waals surface area (Å²) in [4.78, 5) is 1.18. The van der Waals surface area contributed by atoms with E-state index in [1.165, 1.54) is 4.90 Å². The lowest BCUT2D eigenvalue weighted by molar-refractivity contribution is 0.318. The summed E-state index contributed by atoms with van der Waals surface area (Å²) in [6.07, 6.45) is 0.617. The molecule has 26 heavy (non-hydrogen) atoms. The summed E-state index contributed by atoms with van der Waals surface area (Å²) < 4.78 is 5.27. The van der Waals surface area contributed by atoms with E-state index in [0.717, 1.165) is 16.9 Å². The van der Waals surface area contributed by atoms with E-state index in [-0.39, 0.29) is 5.25 Å². The molecular weight excluding hydrogens is 342 g/mol. The smallest absolute Gasteiger partial charge is 0.118 e. The number of methoxy groups -OCH3 is 1. The summed E-state index contributed by atoms with van der Waals surface area (Å²) in [6.45, 7) is 0. The van der Waals surface area contributed by atoms with Gasteiger partial charge in [0.25, 0.3) is 0 Å². The molecule has 3 aromatic carbocycles. The van der Waals surface area contributed by atoms with Crippen LogP contribution in [-0.2, 0) is 0 Å². The van der Waals surface area contributed by atoms with Crippen molar-refractivity contribution in [3.8, 4) is 5.75 Å². The maximum absolute atomic E-state index is 9.58. The van der Waals surface area contributed by atoms with E-state index in [1.54, 1.807) is 18.9 Å². The van der Waals surface area contributed by atoms with Crippen LogP contribution in [0.1, 0.15) is 22.8 Å². The third kappa shape index (κ3) is 4.67. The molecule has 0 unspecified atom stereocenters. The second-order valence-electron chi connectivity index (χ2n) is 5.81. The summed E-state index contributed by atoms with van der Waals surface area (Å²) in [5.74, 6) is 0.830. The molecule has 0 heterocycles. The molecule has 0 aliphatic carbocycles. The molecule has 3 nitrogen and oxygen atoms in total. The van der Waals surface area contributed by atoms with Crippen LogP contribution < -0.4 is 4.74 Å². The topological polar surface area (TPSA) is 41.8 Å². The molecule has 3 rings (SSSR count). The molecule has 3 aromatic rings. The first-order chi connectivity index (χ1) is 12.8. The molecule has 0 spiro atoms. The molecule has 1 N–H and O–H groups in total. The van der Waals surface area contributed by atoms with Gasteiger partial charge in [-0.25, -0.2) is 0 Å². The molecule has 4 heteroatoms. The van der Waals surface area contributed by atoms with E-state index in [0.29, 0.717) is 12.1 Å². The second-order valence-corrected chi connectivity index (χ2v) is 7.09. The number of nitrogens with zero attached hydrogens (tertiary/aromatic N) is 1. The van der Waals surface area contributed by atoms with Crippen molar-refractivity contribution < 1.29 is 9.94 Å². The highest BCUT2D eigenvalue weighted by Gasteiger charge is 2.18. The molecular formula is C22H21NO2S. The molecule has 0 aliphatic rings. The fourth-order valence-corrected chi connectivity index (χ4v) is 3.91. The van der Waals surface area contributed by atoms with Crippen LogP contribution in [0, 0.1) is 0 Å². The van der Waals surface area contributed by atoms with Crippen LogP contribution in [0.4, 0.5) is 0 Å². The maximum Gasteiger partial charge on any atom is 0.118 e.